The zero-order chi connectivity index (χ0) is 14.3. The van der Waals surface area contributed by atoms with Crippen molar-refractivity contribution in [3.8, 4) is 0 Å². The van der Waals surface area contributed by atoms with Crippen molar-refractivity contribution in [2.75, 3.05) is 19.7 Å². The molecule has 4 fully saturated rings. The molecule has 0 aromatic heterocycles. The molecule has 2 atom stereocenters. The van der Waals surface area contributed by atoms with Crippen molar-refractivity contribution >= 4 is 0 Å². The minimum atomic E-state index is 0.0162. The maximum Gasteiger partial charge on any atom is 0.0628 e. The van der Waals surface area contributed by atoms with Gasteiger partial charge in [0.05, 0.1) is 12.1 Å². The summed E-state index contributed by atoms with van der Waals surface area (Å²) >= 11 is 0. The molecule has 0 bridgehead atoms. The van der Waals surface area contributed by atoms with E-state index in [0.717, 1.165) is 24.4 Å². The summed E-state index contributed by atoms with van der Waals surface area (Å²) in [5, 5.41) is 14.0. The van der Waals surface area contributed by atoms with E-state index in [1.54, 1.807) is 0 Å². The van der Waals surface area contributed by atoms with Crippen molar-refractivity contribution in [2.45, 2.75) is 81.8 Å². The maximum atomic E-state index is 10.2. The van der Waals surface area contributed by atoms with Gasteiger partial charge < -0.3 is 10.4 Å². The highest BCUT2D eigenvalue weighted by Crippen LogP contribution is 2.44. The lowest BCUT2D eigenvalue weighted by atomic mass is 9.90. The molecule has 4 aliphatic rings. The van der Waals surface area contributed by atoms with Crippen LogP contribution in [0.4, 0.5) is 0 Å². The lowest BCUT2D eigenvalue weighted by Crippen LogP contribution is -2.59. The number of nitrogens with zero attached hydrogens (tertiary/aromatic N) is 1. The van der Waals surface area contributed by atoms with Crippen LogP contribution in [0, 0.1) is 11.8 Å². The van der Waals surface area contributed by atoms with Gasteiger partial charge in [-0.15, -0.1) is 0 Å². The van der Waals surface area contributed by atoms with Crippen LogP contribution in [0.25, 0.3) is 0 Å². The van der Waals surface area contributed by atoms with Gasteiger partial charge in [0.2, 0.25) is 0 Å². The first kappa shape index (κ1) is 14.5. The molecule has 2 N–H and O–H groups in total. The van der Waals surface area contributed by atoms with Crippen molar-refractivity contribution in [3.63, 3.8) is 0 Å². The Bertz CT molecular complexity index is 360. The van der Waals surface area contributed by atoms with E-state index in [0.29, 0.717) is 12.6 Å². The Balaban J connectivity index is 1.45. The van der Waals surface area contributed by atoms with E-state index in [9.17, 15) is 5.11 Å². The van der Waals surface area contributed by atoms with E-state index in [4.69, 9.17) is 0 Å². The molecule has 3 saturated carbocycles. The molecule has 1 heterocycles. The minimum Gasteiger partial charge on any atom is -0.394 e. The molecule has 1 saturated heterocycles. The fraction of sp³-hybridized carbons (Fsp3) is 1.00. The third kappa shape index (κ3) is 3.02. The summed E-state index contributed by atoms with van der Waals surface area (Å²) in [5.74, 6) is 1.68. The molecule has 2 unspecified atom stereocenters. The normalized spacial score (nSPS) is 34.4. The van der Waals surface area contributed by atoms with E-state index in [2.05, 4.69) is 10.2 Å². The van der Waals surface area contributed by atoms with Gasteiger partial charge in [-0.05, 0) is 69.7 Å². The molecular formula is C18H32N2O. The Kier molecular flexibility index (Phi) is 4.01. The van der Waals surface area contributed by atoms with Gasteiger partial charge >= 0.3 is 0 Å². The van der Waals surface area contributed by atoms with Gasteiger partial charge in [0.25, 0.3) is 0 Å². The number of aliphatic hydroxyl groups excluding tert-OH is 1. The maximum absolute atomic E-state index is 10.2. The highest BCUT2D eigenvalue weighted by molar-refractivity contribution is 5.07. The van der Waals surface area contributed by atoms with Crippen molar-refractivity contribution in [3.05, 3.63) is 0 Å². The largest absolute Gasteiger partial charge is 0.394 e. The molecule has 3 nitrogen and oxygen atoms in total. The quantitative estimate of drug-likeness (QED) is 0.757. The molecule has 0 aromatic rings. The number of nitrogens with one attached hydrogen (secondary N) is 1. The van der Waals surface area contributed by atoms with Gasteiger partial charge in [0.1, 0.15) is 0 Å². The zero-order valence-corrected chi connectivity index (χ0v) is 13.4. The van der Waals surface area contributed by atoms with Crippen LogP contribution in [0.5, 0.6) is 0 Å². The first-order valence-corrected chi connectivity index (χ1v) is 9.43. The molecule has 0 radical (unpaired) electrons. The van der Waals surface area contributed by atoms with Crippen LogP contribution in [0.15, 0.2) is 0 Å². The van der Waals surface area contributed by atoms with E-state index < -0.39 is 0 Å². The lowest BCUT2D eigenvalue weighted by molar-refractivity contribution is 0.0708. The first-order chi connectivity index (χ1) is 10.3. The van der Waals surface area contributed by atoms with Gasteiger partial charge in [-0.25, -0.2) is 0 Å². The van der Waals surface area contributed by atoms with Crippen LogP contribution in [-0.2, 0) is 0 Å². The fourth-order valence-corrected chi connectivity index (χ4v) is 5.07. The third-order valence-electron chi connectivity index (χ3n) is 6.55. The molecule has 0 aromatic carbocycles. The minimum absolute atomic E-state index is 0.0162. The van der Waals surface area contributed by atoms with Crippen LogP contribution in [0.1, 0.15) is 64.2 Å². The van der Waals surface area contributed by atoms with Crippen LogP contribution < -0.4 is 5.32 Å². The van der Waals surface area contributed by atoms with Gasteiger partial charge in [-0.2, -0.15) is 0 Å². The standard InChI is InChI=1S/C18H32N2O/c21-13-18(15-7-8-15,19-16-9-10-16)12-20-11-3-6-17(20)14-4-1-2-5-14/h14-17,19,21H,1-13H2. The third-order valence-corrected chi connectivity index (χ3v) is 6.55. The van der Waals surface area contributed by atoms with Crippen LogP contribution in [0.3, 0.4) is 0 Å². The Labute approximate surface area is 129 Å². The second-order valence-electron chi connectivity index (χ2n) is 8.23. The molecule has 0 spiro atoms. The number of hydrogen-bond acceptors (Lipinski definition) is 3. The summed E-state index contributed by atoms with van der Waals surface area (Å²) < 4.78 is 0. The Morgan fingerprint density at radius 1 is 0.952 bits per heavy atom. The van der Waals surface area contributed by atoms with Crippen molar-refractivity contribution in [1.82, 2.24) is 10.2 Å². The Morgan fingerprint density at radius 2 is 1.71 bits per heavy atom. The summed E-state index contributed by atoms with van der Waals surface area (Å²) in [4.78, 5) is 2.76. The van der Waals surface area contributed by atoms with Crippen molar-refractivity contribution in [1.29, 1.82) is 0 Å². The fourth-order valence-electron chi connectivity index (χ4n) is 5.07. The summed E-state index contributed by atoms with van der Waals surface area (Å²) in [7, 11) is 0. The molecule has 0 amide bonds. The summed E-state index contributed by atoms with van der Waals surface area (Å²) in [6, 6.07) is 1.52. The number of aliphatic hydroxyl groups is 1. The predicted molar refractivity (Wildman–Crippen MR) is 85.3 cm³/mol. The zero-order valence-electron chi connectivity index (χ0n) is 13.4. The highest BCUT2D eigenvalue weighted by atomic mass is 16.3. The SMILES string of the molecule is OCC(CN1CCCC1C1CCCC1)(NC1CC1)C1CC1. The molecule has 4 rings (SSSR count). The average Bonchev–Trinajstić information content (AvgIpc) is 3.40. The second kappa shape index (κ2) is 5.82. The molecular weight excluding hydrogens is 260 g/mol. The number of hydrogen-bond donors (Lipinski definition) is 2. The summed E-state index contributed by atoms with van der Waals surface area (Å²) in [6.07, 6.45) is 13.9. The first-order valence-electron chi connectivity index (χ1n) is 9.43. The smallest absolute Gasteiger partial charge is 0.0628 e. The monoisotopic (exact) mass is 292 g/mol. The Hall–Kier alpha value is -0.120. The van der Waals surface area contributed by atoms with E-state index >= 15 is 0 Å². The molecule has 1 aliphatic heterocycles. The van der Waals surface area contributed by atoms with Crippen LogP contribution in [0.2, 0.25) is 0 Å². The summed E-state index contributed by atoms with van der Waals surface area (Å²) in [5.41, 5.74) is 0.0162. The van der Waals surface area contributed by atoms with E-state index in [1.165, 1.54) is 70.8 Å². The molecule has 120 valence electrons. The van der Waals surface area contributed by atoms with E-state index in [-0.39, 0.29) is 5.54 Å². The molecule has 21 heavy (non-hydrogen) atoms. The van der Waals surface area contributed by atoms with Gasteiger partial charge in [-0.1, -0.05) is 12.8 Å². The van der Waals surface area contributed by atoms with Crippen LogP contribution in [-0.4, -0.2) is 47.3 Å². The number of likely N-dealkylation sites (tertiary alicyclic amines) is 1. The predicted octanol–water partition coefficient (Wildman–Crippen LogP) is 2.53. The molecule has 3 heteroatoms. The topological polar surface area (TPSA) is 35.5 Å². The van der Waals surface area contributed by atoms with Crippen molar-refractivity contribution < 1.29 is 5.11 Å². The Morgan fingerprint density at radius 3 is 2.33 bits per heavy atom. The number of rotatable bonds is 7. The highest BCUT2D eigenvalue weighted by Gasteiger charge is 2.49. The van der Waals surface area contributed by atoms with Gasteiger partial charge in [0.15, 0.2) is 0 Å². The van der Waals surface area contributed by atoms with Gasteiger partial charge in [-0.3, -0.25) is 4.90 Å². The molecule has 3 aliphatic carbocycles. The lowest BCUT2D eigenvalue weighted by Gasteiger charge is -2.40. The summed E-state index contributed by atoms with van der Waals surface area (Å²) in [6.45, 7) is 2.70. The van der Waals surface area contributed by atoms with Gasteiger partial charge in [0, 0.05) is 18.6 Å². The van der Waals surface area contributed by atoms with E-state index in [1.807, 2.05) is 0 Å². The average molecular weight is 292 g/mol. The van der Waals surface area contributed by atoms with Crippen LogP contribution >= 0.6 is 0 Å². The van der Waals surface area contributed by atoms with Crippen molar-refractivity contribution in [2.24, 2.45) is 11.8 Å². The second-order valence-corrected chi connectivity index (χ2v) is 8.23.